The van der Waals surface area contributed by atoms with Gasteiger partial charge in [0, 0.05) is 12.5 Å². The molecular formula is C41H58O5. The summed E-state index contributed by atoms with van der Waals surface area (Å²) in [5.41, 5.74) is 1.81. The molecule has 1 saturated heterocycles. The number of aliphatic hydroxyl groups is 2. The zero-order chi connectivity index (χ0) is 32.1. The molecule has 0 radical (unpaired) electrons. The Labute approximate surface area is 277 Å². The van der Waals surface area contributed by atoms with Crippen molar-refractivity contribution in [2.45, 2.75) is 129 Å². The van der Waals surface area contributed by atoms with Gasteiger partial charge in [-0.25, -0.2) is 0 Å². The Bertz CT molecular complexity index is 1300. The molecule has 5 fully saturated rings. The van der Waals surface area contributed by atoms with Crippen molar-refractivity contribution in [2.75, 3.05) is 6.61 Å². The molecule has 7 rings (SSSR count). The van der Waals surface area contributed by atoms with Crippen molar-refractivity contribution in [2.24, 2.45) is 46.3 Å². The topological polar surface area (TPSA) is 68.2 Å². The van der Waals surface area contributed by atoms with Crippen molar-refractivity contribution in [3.63, 3.8) is 0 Å². The summed E-state index contributed by atoms with van der Waals surface area (Å²) in [5, 5.41) is 21.9. The Balaban J connectivity index is 1.13. The van der Waals surface area contributed by atoms with Gasteiger partial charge in [0.1, 0.15) is 0 Å². The van der Waals surface area contributed by atoms with Crippen LogP contribution in [0.3, 0.4) is 0 Å². The maximum Gasteiger partial charge on any atom is 0.0938 e. The summed E-state index contributed by atoms with van der Waals surface area (Å²) in [4.78, 5) is 0. The monoisotopic (exact) mass is 630 g/mol. The molecule has 4 saturated carbocycles. The van der Waals surface area contributed by atoms with Gasteiger partial charge >= 0.3 is 0 Å². The fraction of sp³-hybridized carbons (Fsp3) is 0.707. The Kier molecular flexibility index (Phi) is 9.21. The molecule has 2 aromatic carbocycles. The first-order valence-electron chi connectivity index (χ1n) is 18.4. The van der Waals surface area contributed by atoms with Crippen molar-refractivity contribution >= 4 is 0 Å². The third-order valence-electron chi connectivity index (χ3n) is 14.0. The van der Waals surface area contributed by atoms with Gasteiger partial charge in [-0.15, -0.1) is 0 Å². The lowest BCUT2D eigenvalue weighted by molar-refractivity contribution is -0.208. The molecule has 46 heavy (non-hydrogen) atoms. The third kappa shape index (κ3) is 5.81. The average molecular weight is 631 g/mol. The van der Waals surface area contributed by atoms with E-state index in [1.165, 1.54) is 30.4 Å². The summed E-state index contributed by atoms with van der Waals surface area (Å²) in [5.74, 6) is 2.61. The second kappa shape index (κ2) is 12.9. The largest absolute Gasteiger partial charge is 0.396 e. The molecule has 0 bridgehead atoms. The molecule has 0 spiro atoms. The van der Waals surface area contributed by atoms with Gasteiger partial charge in [-0.3, -0.25) is 0 Å². The number of rotatable bonds is 10. The molecule has 0 aromatic heterocycles. The number of hydrogen-bond acceptors (Lipinski definition) is 5. The predicted octanol–water partition coefficient (Wildman–Crippen LogP) is 7.96. The second-order valence-corrected chi connectivity index (χ2v) is 16.8. The predicted molar refractivity (Wildman–Crippen MR) is 181 cm³/mol. The summed E-state index contributed by atoms with van der Waals surface area (Å²) in [7, 11) is 0. The van der Waals surface area contributed by atoms with Gasteiger partial charge in [-0.1, -0.05) is 81.4 Å². The van der Waals surface area contributed by atoms with Gasteiger partial charge in [0.25, 0.3) is 0 Å². The Hall–Kier alpha value is -1.76. The number of hydrogen-bond donors (Lipinski definition) is 2. The number of ether oxygens (including phenoxy) is 3. The van der Waals surface area contributed by atoms with Gasteiger partial charge < -0.3 is 24.4 Å². The van der Waals surface area contributed by atoms with E-state index in [1.807, 2.05) is 0 Å². The van der Waals surface area contributed by atoms with Gasteiger partial charge in [0.15, 0.2) is 0 Å². The van der Waals surface area contributed by atoms with Crippen molar-refractivity contribution < 1.29 is 24.4 Å². The van der Waals surface area contributed by atoms with Crippen LogP contribution in [0.1, 0.15) is 96.6 Å². The van der Waals surface area contributed by atoms with E-state index in [0.717, 1.165) is 38.5 Å². The number of benzene rings is 2. The molecule has 5 heteroatoms. The molecular weight excluding hydrogens is 572 g/mol. The van der Waals surface area contributed by atoms with Crippen molar-refractivity contribution in [1.82, 2.24) is 0 Å². The lowest BCUT2D eigenvalue weighted by atomic mass is 9.43. The first-order chi connectivity index (χ1) is 22.1. The van der Waals surface area contributed by atoms with Crippen LogP contribution in [0.2, 0.25) is 0 Å². The highest BCUT2D eigenvalue weighted by atomic mass is 16.5. The van der Waals surface area contributed by atoms with Crippen LogP contribution in [0.25, 0.3) is 0 Å². The molecule has 1 heterocycles. The van der Waals surface area contributed by atoms with E-state index in [4.69, 9.17) is 14.2 Å². The van der Waals surface area contributed by atoms with E-state index >= 15 is 0 Å². The molecule has 1 aliphatic heterocycles. The third-order valence-corrected chi connectivity index (χ3v) is 14.0. The molecule has 13 atom stereocenters. The van der Waals surface area contributed by atoms with E-state index < -0.39 is 5.60 Å². The molecule has 252 valence electrons. The normalized spacial score (nSPS) is 43.7. The minimum Gasteiger partial charge on any atom is -0.396 e. The van der Waals surface area contributed by atoms with Crippen LogP contribution in [0.5, 0.6) is 0 Å². The summed E-state index contributed by atoms with van der Waals surface area (Å²) >= 11 is 0. The van der Waals surface area contributed by atoms with Crippen LogP contribution in [-0.2, 0) is 27.4 Å². The highest BCUT2D eigenvalue weighted by Crippen LogP contribution is 2.71. The molecule has 0 unspecified atom stereocenters. The Morgan fingerprint density at radius 2 is 1.54 bits per heavy atom. The average Bonchev–Trinajstić information content (AvgIpc) is 3.51. The molecule has 2 aromatic rings. The van der Waals surface area contributed by atoms with Crippen molar-refractivity contribution in [1.29, 1.82) is 0 Å². The molecule has 4 aliphatic carbocycles. The number of fused-ring (bicyclic) bond motifs is 7. The van der Waals surface area contributed by atoms with Crippen molar-refractivity contribution in [3.05, 3.63) is 71.8 Å². The van der Waals surface area contributed by atoms with Gasteiger partial charge in [-0.05, 0) is 116 Å². The Morgan fingerprint density at radius 3 is 2.22 bits per heavy atom. The summed E-state index contributed by atoms with van der Waals surface area (Å²) < 4.78 is 20.5. The van der Waals surface area contributed by atoms with Crippen LogP contribution in [0.4, 0.5) is 0 Å². The lowest BCUT2D eigenvalue weighted by Gasteiger charge is -2.63. The maximum atomic E-state index is 12.3. The minimum atomic E-state index is -0.880. The second-order valence-electron chi connectivity index (χ2n) is 16.8. The molecule has 5 aliphatic rings. The zero-order valence-corrected chi connectivity index (χ0v) is 28.7. The fourth-order valence-electron chi connectivity index (χ4n) is 11.8. The maximum absolute atomic E-state index is 12.3. The molecule has 0 amide bonds. The van der Waals surface area contributed by atoms with Crippen molar-refractivity contribution in [3.8, 4) is 0 Å². The first kappa shape index (κ1) is 32.8. The van der Waals surface area contributed by atoms with E-state index in [0.29, 0.717) is 43.0 Å². The van der Waals surface area contributed by atoms with Gasteiger partial charge in [-0.2, -0.15) is 0 Å². The Morgan fingerprint density at radius 1 is 0.870 bits per heavy atom. The fourth-order valence-corrected chi connectivity index (χ4v) is 11.8. The van der Waals surface area contributed by atoms with E-state index in [9.17, 15) is 10.2 Å². The highest BCUT2D eigenvalue weighted by Gasteiger charge is 2.71. The van der Waals surface area contributed by atoms with Crippen LogP contribution in [0.15, 0.2) is 60.7 Å². The van der Waals surface area contributed by atoms with Gasteiger partial charge in [0.2, 0.25) is 0 Å². The first-order valence-corrected chi connectivity index (χ1v) is 18.4. The van der Waals surface area contributed by atoms with Crippen LogP contribution < -0.4 is 0 Å². The SMILES string of the molecule is C[C@@H](CO)CC[C@H]1O[C@H]2C[C@H]3[C@@H]4CC[C@H]5C[C@H](OCc6ccccc6)CC[C@]5(C)[C@H]4[C@@H](OCc4ccccc4)C[C@]3(C)[C@H]2[C@@]1(C)O. The number of aliphatic hydroxyl groups excluding tert-OH is 1. The summed E-state index contributed by atoms with van der Waals surface area (Å²) in [6.45, 7) is 10.7. The standard InChI is InChI=1S/C41H58O5/c1-27(24-42)15-18-36-41(4,43)38-34(46-36)22-33-32-17-16-30-21-31(44-25-28-11-7-5-8-12-28)19-20-39(30,2)37(32)35(23-40(33,38)3)45-26-29-13-9-6-10-14-29/h5-14,27,30-38,42-43H,15-26H2,1-4H3/t27-,30+,31-,32+,33+,34+,35+,36-,37-,38+,39+,40+,41+/m1/s1. The van der Waals surface area contributed by atoms with Crippen LogP contribution in [-0.4, -0.2) is 46.8 Å². The van der Waals surface area contributed by atoms with E-state index in [2.05, 4.69) is 88.4 Å². The van der Waals surface area contributed by atoms with Gasteiger partial charge in [0.05, 0.1) is 43.2 Å². The van der Waals surface area contributed by atoms with Crippen LogP contribution >= 0.6 is 0 Å². The minimum absolute atomic E-state index is 0.0345. The molecule has 5 nitrogen and oxygen atoms in total. The quantitative estimate of drug-likeness (QED) is 0.279. The zero-order valence-electron chi connectivity index (χ0n) is 28.7. The van der Waals surface area contributed by atoms with E-state index in [-0.39, 0.29) is 47.6 Å². The lowest BCUT2D eigenvalue weighted by Crippen LogP contribution is -2.61. The van der Waals surface area contributed by atoms with E-state index in [1.54, 1.807) is 0 Å². The highest BCUT2D eigenvalue weighted by molar-refractivity contribution is 5.20. The molecule has 2 N–H and O–H groups in total. The smallest absolute Gasteiger partial charge is 0.0938 e. The summed E-state index contributed by atoms with van der Waals surface area (Å²) in [6.07, 6.45) is 10.1. The van der Waals surface area contributed by atoms with Crippen LogP contribution in [0, 0.1) is 46.3 Å². The summed E-state index contributed by atoms with van der Waals surface area (Å²) in [6, 6.07) is 21.3.